The zero-order valence-electron chi connectivity index (χ0n) is 11.0. The van der Waals surface area contributed by atoms with E-state index in [-0.39, 0.29) is 11.9 Å². The third-order valence-electron chi connectivity index (χ3n) is 3.05. The van der Waals surface area contributed by atoms with E-state index in [2.05, 4.69) is 5.43 Å². The number of rotatable bonds is 4. The lowest BCUT2D eigenvalue weighted by Crippen LogP contribution is -2.29. The fourth-order valence-corrected chi connectivity index (χ4v) is 2.11. The van der Waals surface area contributed by atoms with E-state index in [1.165, 1.54) is 12.1 Å². The SMILES string of the molecule is COc1cc(C)ccc1C(NN)c1cccc(F)c1. The van der Waals surface area contributed by atoms with Gasteiger partial charge in [-0.05, 0) is 36.2 Å². The largest absolute Gasteiger partial charge is 0.496 e. The Morgan fingerprint density at radius 2 is 2.00 bits per heavy atom. The second-order valence-electron chi connectivity index (χ2n) is 4.40. The number of nitrogens with one attached hydrogen (secondary N) is 1. The Morgan fingerprint density at radius 3 is 2.63 bits per heavy atom. The quantitative estimate of drug-likeness (QED) is 0.656. The molecule has 0 saturated heterocycles. The van der Waals surface area contributed by atoms with Crippen LogP contribution in [0.25, 0.3) is 0 Å². The predicted molar refractivity (Wildman–Crippen MR) is 73.3 cm³/mol. The molecule has 0 amide bonds. The number of ether oxygens (including phenoxy) is 1. The van der Waals surface area contributed by atoms with Gasteiger partial charge in [0.25, 0.3) is 0 Å². The van der Waals surface area contributed by atoms with Gasteiger partial charge in [0.15, 0.2) is 0 Å². The number of methoxy groups -OCH3 is 1. The number of hydrogen-bond acceptors (Lipinski definition) is 3. The van der Waals surface area contributed by atoms with Gasteiger partial charge in [-0.1, -0.05) is 24.3 Å². The predicted octanol–water partition coefficient (Wildman–Crippen LogP) is 2.70. The second-order valence-corrected chi connectivity index (χ2v) is 4.40. The van der Waals surface area contributed by atoms with Crippen LogP contribution in [0.3, 0.4) is 0 Å². The summed E-state index contributed by atoms with van der Waals surface area (Å²) in [5.74, 6) is 6.06. The molecule has 0 bridgehead atoms. The van der Waals surface area contributed by atoms with Crippen LogP contribution in [0.4, 0.5) is 4.39 Å². The second kappa shape index (κ2) is 5.82. The van der Waals surface area contributed by atoms with E-state index >= 15 is 0 Å². The van der Waals surface area contributed by atoms with Gasteiger partial charge in [-0.2, -0.15) is 0 Å². The van der Waals surface area contributed by atoms with Crippen LogP contribution in [-0.4, -0.2) is 7.11 Å². The van der Waals surface area contributed by atoms with Crippen LogP contribution in [-0.2, 0) is 0 Å². The summed E-state index contributed by atoms with van der Waals surface area (Å²) in [6.07, 6.45) is 0. The number of hydrazine groups is 1. The molecule has 3 nitrogen and oxygen atoms in total. The summed E-state index contributed by atoms with van der Waals surface area (Å²) in [7, 11) is 1.61. The van der Waals surface area contributed by atoms with E-state index < -0.39 is 0 Å². The number of aryl methyl sites for hydroxylation is 1. The van der Waals surface area contributed by atoms with E-state index in [4.69, 9.17) is 10.6 Å². The van der Waals surface area contributed by atoms with Crippen molar-refractivity contribution < 1.29 is 9.13 Å². The average Bonchev–Trinajstić information content (AvgIpc) is 2.41. The van der Waals surface area contributed by atoms with E-state index in [0.717, 1.165) is 22.4 Å². The van der Waals surface area contributed by atoms with Gasteiger partial charge in [-0.3, -0.25) is 5.84 Å². The minimum Gasteiger partial charge on any atom is -0.496 e. The molecule has 0 saturated carbocycles. The Morgan fingerprint density at radius 1 is 1.21 bits per heavy atom. The molecular weight excluding hydrogens is 243 g/mol. The summed E-state index contributed by atoms with van der Waals surface area (Å²) in [5, 5.41) is 0. The maximum Gasteiger partial charge on any atom is 0.124 e. The summed E-state index contributed by atoms with van der Waals surface area (Å²) in [4.78, 5) is 0. The summed E-state index contributed by atoms with van der Waals surface area (Å²) in [6, 6.07) is 11.9. The number of halogens is 1. The van der Waals surface area contributed by atoms with Gasteiger partial charge in [-0.25, -0.2) is 9.82 Å². The molecule has 3 N–H and O–H groups in total. The molecule has 1 atom stereocenters. The van der Waals surface area contributed by atoms with Crippen LogP contribution in [0.1, 0.15) is 22.7 Å². The minimum absolute atomic E-state index is 0.288. The van der Waals surface area contributed by atoms with Gasteiger partial charge in [0.05, 0.1) is 13.2 Å². The first-order valence-electron chi connectivity index (χ1n) is 6.02. The van der Waals surface area contributed by atoms with Crippen LogP contribution < -0.4 is 16.0 Å². The van der Waals surface area contributed by atoms with Crippen molar-refractivity contribution in [3.8, 4) is 5.75 Å². The third kappa shape index (κ3) is 2.92. The molecule has 0 spiro atoms. The molecule has 100 valence electrons. The fourth-order valence-electron chi connectivity index (χ4n) is 2.11. The fraction of sp³-hybridized carbons (Fsp3) is 0.200. The molecular formula is C15H17FN2O. The molecule has 0 aliphatic carbocycles. The molecule has 0 aliphatic heterocycles. The van der Waals surface area contributed by atoms with Crippen LogP contribution >= 0.6 is 0 Å². The van der Waals surface area contributed by atoms with Crippen molar-refractivity contribution in [1.29, 1.82) is 0 Å². The van der Waals surface area contributed by atoms with Crippen molar-refractivity contribution in [1.82, 2.24) is 5.43 Å². The normalized spacial score (nSPS) is 12.2. The molecule has 1 unspecified atom stereocenters. The summed E-state index contributed by atoms with van der Waals surface area (Å²) in [6.45, 7) is 1.99. The van der Waals surface area contributed by atoms with Crippen molar-refractivity contribution in [2.24, 2.45) is 5.84 Å². The highest BCUT2D eigenvalue weighted by molar-refractivity contribution is 5.43. The Labute approximate surface area is 112 Å². The van der Waals surface area contributed by atoms with E-state index in [1.54, 1.807) is 13.2 Å². The number of hydrogen-bond donors (Lipinski definition) is 2. The summed E-state index contributed by atoms with van der Waals surface area (Å²) >= 11 is 0. The van der Waals surface area contributed by atoms with Crippen LogP contribution in [0.2, 0.25) is 0 Å². The lowest BCUT2D eigenvalue weighted by molar-refractivity contribution is 0.404. The molecule has 0 aromatic heterocycles. The first kappa shape index (κ1) is 13.5. The lowest BCUT2D eigenvalue weighted by Gasteiger charge is -2.20. The summed E-state index contributed by atoms with van der Waals surface area (Å²) in [5.41, 5.74) is 5.43. The highest BCUT2D eigenvalue weighted by atomic mass is 19.1. The van der Waals surface area contributed by atoms with Crippen LogP contribution in [0.15, 0.2) is 42.5 Å². The van der Waals surface area contributed by atoms with Gasteiger partial charge >= 0.3 is 0 Å². The first-order chi connectivity index (χ1) is 9.15. The Kier molecular flexibility index (Phi) is 4.14. The van der Waals surface area contributed by atoms with Crippen LogP contribution in [0.5, 0.6) is 5.75 Å². The molecule has 0 radical (unpaired) electrons. The molecule has 19 heavy (non-hydrogen) atoms. The maximum absolute atomic E-state index is 13.3. The standard InChI is InChI=1S/C15H17FN2O/c1-10-6-7-13(14(8-10)19-2)15(18-17)11-4-3-5-12(16)9-11/h3-9,15,18H,17H2,1-2H3. The van der Waals surface area contributed by atoms with E-state index in [0.29, 0.717) is 0 Å². The van der Waals surface area contributed by atoms with Gasteiger partial charge < -0.3 is 4.74 Å². The molecule has 0 heterocycles. The van der Waals surface area contributed by atoms with Crippen molar-refractivity contribution >= 4 is 0 Å². The Bertz CT molecular complexity index is 572. The van der Waals surface area contributed by atoms with Crippen LogP contribution in [0, 0.1) is 12.7 Å². The van der Waals surface area contributed by atoms with Gasteiger partial charge in [0.2, 0.25) is 0 Å². The van der Waals surface area contributed by atoms with Crippen molar-refractivity contribution in [2.75, 3.05) is 7.11 Å². The smallest absolute Gasteiger partial charge is 0.124 e. The van der Waals surface area contributed by atoms with Gasteiger partial charge in [0.1, 0.15) is 11.6 Å². The number of benzene rings is 2. The third-order valence-corrected chi connectivity index (χ3v) is 3.05. The number of nitrogens with two attached hydrogens (primary N) is 1. The highest BCUT2D eigenvalue weighted by Crippen LogP contribution is 2.30. The van der Waals surface area contributed by atoms with Gasteiger partial charge in [-0.15, -0.1) is 0 Å². The Balaban J connectivity index is 2.48. The zero-order chi connectivity index (χ0) is 13.8. The average molecular weight is 260 g/mol. The van der Waals surface area contributed by atoms with Gasteiger partial charge in [0, 0.05) is 5.56 Å². The Hall–Kier alpha value is -1.91. The molecule has 2 rings (SSSR count). The zero-order valence-corrected chi connectivity index (χ0v) is 11.0. The molecule has 4 heteroatoms. The summed E-state index contributed by atoms with van der Waals surface area (Å²) < 4.78 is 18.7. The van der Waals surface area contributed by atoms with E-state index in [9.17, 15) is 4.39 Å². The molecule has 2 aromatic rings. The van der Waals surface area contributed by atoms with Crippen molar-refractivity contribution in [2.45, 2.75) is 13.0 Å². The minimum atomic E-state index is -0.314. The molecule has 2 aromatic carbocycles. The highest BCUT2D eigenvalue weighted by Gasteiger charge is 2.17. The van der Waals surface area contributed by atoms with E-state index in [1.807, 2.05) is 31.2 Å². The molecule has 0 aliphatic rings. The monoisotopic (exact) mass is 260 g/mol. The molecule has 0 fully saturated rings. The maximum atomic E-state index is 13.3. The van der Waals surface area contributed by atoms with Crippen molar-refractivity contribution in [3.63, 3.8) is 0 Å². The van der Waals surface area contributed by atoms with Crippen molar-refractivity contribution in [3.05, 3.63) is 65.0 Å². The lowest BCUT2D eigenvalue weighted by atomic mass is 9.97. The topological polar surface area (TPSA) is 47.3 Å². The first-order valence-corrected chi connectivity index (χ1v) is 6.02.